The number of amides is 1. The molecule has 1 unspecified atom stereocenters. The predicted molar refractivity (Wildman–Crippen MR) is 135 cm³/mol. The van der Waals surface area contributed by atoms with E-state index in [-0.39, 0.29) is 17.8 Å². The summed E-state index contributed by atoms with van der Waals surface area (Å²) in [7, 11) is 0. The first kappa shape index (κ1) is 21.6. The number of piperazine rings is 1. The van der Waals surface area contributed by atoms with Gasteiger partial charge < -0.3 is 14.7 Å². The molecule has 35 heavy (non-hydrogen) atoms. The number of halogens is 1. The molecule has 0 bridgehead atoms. The predicted octanol–water partition coefficient (Wildman–Crippen LogP) is 4.12. The fraction of sp³-hybridized carbons (Fsp3) is 0.296. The summed E-state index contributed by atoms with van der Waals surface area (Å²) in [6.45, 7) is 6.01. The summed E-state index contributed by atoms with van der Waals surface area (Å²) >= 11 is 0. The number of hydrogen-bond acceptors (Lipinski definition) is 5. The zero-order valence-corrected chi connectivity index (χ0v) is 19.6. The summed E-state index contributed by atoms with van der Waals surface area (Å²) in [6, 6.07) is 16.0. The molecule has 1 atom stereocenters. The number of fused-ring (bicyclic) bond motifs is 1. The molecule has 2 aliphatic rings. The van der Waals surface area contributed by atoms with Gasteiger partial charge in [-0.1, -0.05) is 24.3 Å². The highest BCUT2D eigenvalue weighted by Crippen LogP contribution is 2.38. The van der Waals surface area contributed by atoms with E-state index in [1.54, 1.807) is 12.4 Å². The van der Waals surface area contributed by atoms with Gasteiger partial charge in [-0.05, 0) is 43.7 Å². The van der Waals surface area contributed by atoms with E-state index in [0.29, 0.717) is 25.2 Å². The van der Waals surface area contributed by atoms with Crippen LogP contribution in [0.5, 0.6) is 0 Å². The number of carbonyl (C=O) groups excluding carboxylic acids is 1. The van der Waals surface area contributed by atoms with Gasteiger partial charge in [-0.3, -0.25) is 9.36 Å². The van der Waals surface area contributed by atoms with Crippen LogP contribution < -0.4 is 9.80 Å². The SMILES string of the molecule is CC1CN(c2ncnc3c2c(N2CCC2)cn3-c2cccc(F)c2)CCN1C(=O)c1ccccc1. The molecule has 7 nitrogen and oxygen atoms in total. The molecule has 0 saturated carbocycles. The van der Waals surface area contributed by atoms with Crippen molar-refractivity contribution in [1.29, 1.82) is 0 Å². The van der Waals surface area contributed by atoms with Crippen molar-refractivity contribution in [2.24, 2.45) is 0 Å². The number of hydrogen-bond donors (Lipinski definition) is 0. The second kappa shape index (κ2) is 8.69. The molecule has 2 aromatic carbocycles. The van der Waals surface area contributed by atoms with Crippen LogP contribution >= 0.6 is 0 Å². The Labute approximate surface area is 203 Å². The minimum absolute atomic E-state index is 0.0271. The van der Waals surface area contributed by atoms with Crippen LogP contribution in [0, 0.1) is 5.82 Å². The van der Waals surface area contributed by atoms with E-state index < -0.39 is 0 Å². The second-order valence-electron chi connectivity index (χ2n) is 9.26. The lowest BCUT2D eigenvalue weighted by atomic mass is 10.1. The smallest absolute Gasteiger partial charge is 0.254 e. The lowest BCUT2D eigenvalue weighted by Crippen LogP contribution is -2.54. The van der Waals surface area contributed by atoms with Gasteiger partial charge in [0.2, 0.25) is 0 Å². The molecule has 4 heterocycles. The Bertz CT molecular complexity index is 1380. The summed E-state index contributed by atoms with van der Waals surface area (Å²) in [5, 5.41) is 0.978. The minimum atomic E-state index is -0.280. The van der Waals surface area contributed by atoms with Crippen LogP contribution in [-0.2, 0) is 0 Å². The van der Waals surface area contributed by atoms with Crippen molar-refractivity contribution in [3.8, 4) is 5.69 Å². The first-order chi connectivity index (χ1) is 17.1. The van der Waals surface area contributed by atoms with Crippen LogP contribution in [0.15, 0.2) is 67.1 Å². The first-order valence-corrected chi connectivity index (χ1v) is 12.1. The zero-order chi connectivity index (χ0) is 23.9. The maximum absolute atomic E-state index is 14.0. The van der Waals surface area contributed by atoms with E-state index >= 15 is 0 Å². The molecule has 0 aliphatic carbocycles. The number of benzene rings is 2. The van der Waals surface area contributed by atoms with Gasteiger partial charge in [-0.15, -0.1) is 0 Å². The van der Waals surface area contributed by atoms with E-state index in [4.69, 9.17) is 4.98 Å². The van der Waals surface area contributed by atoms with Gasteiger partial charge >= 0.3 is 0 Å². The van der Waals surface area contributed by atoms with Crippen molar-refractivity contribution in [2.75, 3.05) is 42.5 Å². The van der Waals surface area contributed by atoms with Gasteiger partial charge in [0.05, 0.1) is 11.1 Å². The standard InChI is InChI=1S/C27H27FN6O/c1-19-16-32(13-14-33(19)27(35)20-7-3-2-4-8-20)25-24-23(31-11-6-12-31)17-34(26(24)30-18-29-25)22-10-5-9-21(28)15-22/h2-5,7-10,15,17-19H,6,11-14,16H2,1H3. The molecule has 0 N–H and O–H groups in total. The van der Waals surface area contributed by atoms with Crippen LogP contribution in [0.3, 0.4) is 0 Å². The van der Waals surface area contributed by atoms with Crippen molar-refractivity contribution in [1.82, 2.24) is 19.4 Å². The van der Waals surface area contributed by atoms with Crippen LogP contribution in [0.4, 0.5) is 15.9 Å². The molecule has 4 aromatic rings. The molecule has 178 valence electrons. The first-order valence-electron chi connectivity index (χ1n) is 12.1. The molecule has 2 aromatic heterocycles. The number of anilines is 2. The quantitative estimate of drug-likeness (QED) is 0.449. The summed E-state index contributed by atoms with van der Waals surface area (Å²) in [6.07, 6.45) is 4.78. The Kier molecular flexibility index (Phi) is 5.36. The lowest BCUT2D eigenvalue weighted by Gasteiger charge is -2.41. The van der Waals surface area contributed by atoms with E-state index in [9.17, 15) is 9.18 Å². The number of nitrogens with zero attached hydrogens (tertiary/aromatic N) is 6. The highest BCUT2D eigenvalue weighted by molar-refractivity contribution is 6.01. The topological polar surface area (TPSA) is 57.5 Å². The molecule has 2 aliphatic heterocycles. The number of rotatable bonds is 4. The highest BCUT2D eigenvalue weighted by atomic mass is 19.1. The summed E-state index contributed by atoms with van der Waals surface area (Å²) in [5.74, 6) is 0.645. The average molecular weight is 471 g/mol. The Balaban J connectivity index is 1.36. The normalized spacial score (nSPS) is 18.1. The van der Waals surface area contributed by atoms with Crippen molar-refractivity contribution < 1.29 is 9.18 Å². The zero-order valence-electron chi connectivity index (χ0n) is 19.6. The minimum Gasteiger partial charge on any atom is -0.369 e. The maximum atomic E-state index is 14.0. The Morgan fingerprint density at radius 2 is 1.80 bits per heavy atom. The van der Waals surface area contributed by atoms with Crippen molar-refractivity contribution in [3.05, 3.63) is 78.5 Å². The van der Waals surface area contributed by atoms with Crippen molar-refractivity contribution in [2.45, 2.75) is 19.4 Å². The summed E-state index contributed by atoms with van der Waals surface area (Å²) in [4.78, 5) is 28.9. The largest absolute Gasteiger partial charge is 0.369 e. The van der Waals surface area contributed by atoms with E-state index in [0.717, 1.165) is 47.7 Å². The van der Waals surface area contributed by atoms with Gasteiger partial charge in [0.1, 0.15) is 18.0 Å². The lowest BCUT2D eigenvalue weighted by molar-refractivity contribution is 0.0674. The Morgan fingerprint density at radius 1 is 0.971 bits per heavy atom. The second-order valence-corrected chi connectivity index (χ2v) is 9.26. The van der Waals surface area contributed by atoms with Gasteiger partial charge in [-0.2, -0.15) is 0 Å². The van der Waals surface area contributed by atoms with Crippen molar-refractivity contribution >= 4 is 28.4 Å². The number of aromatic nitrogens is 3. The monoisotopic (exact) mass is 470 g/mol. The molecule has 6 rings (SSSR count). The van der Waals surface area contributed by atoms with Gasteiger partial charge in [0.15, 0.2) is 5.65 Å². The Morgan fingerprint density at radius 3 is 2.51 bits per heavy atom. The molecule has 1 amide bonds. The van der Waals surface area contributed by atoms with Gasteiger partial charge in [0.25, 0.3) is 5.91 Å². The third-order valence-corrected chi connectivity index (χ3v) is 7.03. The van der Waals surface area contributed by atoms with E-state index in [1.807, 2.05) is 45.9 Å². The maximum Gasteiger partial charge on any atom is 0.254 e. The van der Waals surface area contributed by atoms with E-state index in [1.165, 1.54) is 12.1 Å². The molecule has 2 saturated heterocycles. The van der Waals surface area contributed by atoms with Crippen LogP contribution in [0.25, 0.3) is 16.7 Å². The fourth-order valence-electron chi connectivity index (χ4n) is 5.08. The fourth-order valence-corrected chi connectivity index (χ4v) is 5.08. The van der Waals surface area contributed by atoms with Crippen LogP contribution in [0.1, 0.15) is 23.7 Å². The van der Waals surface area contributed by atoms with E-state index in [2.05, 4.69) is 27.9 Å². The average Bonchev–Trinajstić information content (AvgIpc) is 3.22. The summed E-state index contributed by atoms with van der Waals surface area (Å²) in [5.41, 5.74) is 3.28. The molecule has 0 spiro atoms. The third-order valence-electron chi connectivity index (χ3n) is 7.03. The van der Waals surface area contributed by atoms with Gasteiger partial charge in [-0.25, -0.2) is 14.4 Å². The number of carbonyl (C=O) groups is 1. The third kappa shape index (κ3) is 3.79. The van der Waals surface area contributed by atoms with Crippen LogP contribution in [-0.4, -0.2) is 64.1 Å². The molecule has 0 radical (unpaired) electrons. The molecular weight excluding hydrogens is 443 g/mol. The molecular formula is C27H27FN6O. The van der Waals surface area contributed by atoms with Crippen molar-refractivity contribution in [3.63, 3.8) is 0 Å². The molecule has 2 fully saturated rings. The molecule has 8 heteroatoms. The Hall–Kier alpha value is -3.94. The van der Waals surface area contributed by atoms with Gasteiger partial charge in [0, 0.05) is 56.2 Å². The summed E-state index contributed by atoms with van der Waals surface area (Å²) < 4.78 is 16.0. The van der Waals surface area contributed by atoms with Crippen LogP contribution in [0.2, 0.25) is 0 Å². The highest BCUT2D eigenvalue weighted by Gasteiger charge is 2.31.